The Hall–Kier alpha value is -1.22. The van der Waals surface area contributed by atoms with Crippen LogP contribution in [-0.2, 0) is 28.5 Å². The summed E-state index contributed by atoms with van der Waals surface area (Å²) in [4.78, 5) is 25.2. The number of esters is 2. The Bertz CT molecular complexity index is 792. The van der Waals surface area contributed by atoms with Gasteiger partial charge in [0.05, 0.1) is 0 Å². The Kier molecular flexibility index (Phi) is 32.4. The molecule has 1 aliphatic heterocycles. The monoisotopic (exact) mass is 727 g/mol. The van der Waals surface area contributed by atoms with E-state index in [2.05, 4.69) is 13.8 Å². The molecule has 0 spiro atoms. The van der Waals surface area contributed by atoms with Gasteiger partial charge in [-0.05, 0) is 12.8 Å². The lowest BCUT2D eigenvalue weighted by atomic mass is 9.99. The molecule has 0 aromatic rings. The predicted molar refractivity (Wildman–Crippen MR) is 208 cm³/mol. The van der Waals surface area contributed by atoms with Gasteiger partial charge < -0.3 is 29.2 Å². The van der Waals surface area contributed by atoms with Crippen LogP contribution in [-0.4, -0.2) is 66.6 Å². The van der Waals surface area contributed by atoms with E-state index in [4.69, 9.17) is 18.9 Å². The Morgan fingerprint density at radius 1 is 0.490 bits per heavy atom. The number of ether oxygens (including phenoxy) is 4. The zero-order valence-corrected chi connectivity index (χ0v) is 33.6. The first-order valence-corrected chi connectivity index (χ1v) is 21.8. The second kappa shape index (κ2) is 34.5. The maximum atomic E-state index is 12.7. The van der Waals surface area contributed by atoms with Crippen LogP contribution < -0.4 is 0 Å². The molecule has 1 aliphatic rings. The zero-order chi connectivity index (χ0) is 37.2. The molecule has 1 saturated heterocycles. The van der Waals surface area contributed by atoms with Gasteiger partial charge >= 0.3 is 11.9 Å². The van der Waals surface area contributed by atoms with Crippen molar-refractivity contribution in [1.82, 2.24) is 0 Å². The largest absolute Gasteiger partial charge is 0.463 e. The smallest absolute Gasteiger partial charge is 0.306 e. The highest BCUT2D eigenvalue weighted by Gasteiger charge is 2.47. The van der Waals surface area contributed by atoms with E-state index < -0.39 is 36.7 Å². The maximum absolute atomic E-state index is 12.7. The molecule has 0 amide bonds. The summed E-state index contributed by atoms with van der Waals surface area (Å²) in [5, 5.41) is 21.2. The first-order valence-electron chi connectivity index (χ1n) is 21.8. The van der Waals surface area contributed by atoms with Crippen LogP contribution in [0.3, 0.4) is 0 Å². The molecule has 0 radical (unpaired) electrons. The van der Waals surface area contributed by atoms with Crippen LogP contribution in [0.1, 0.15) is 219 Å². The van der Waals surface area contributed by atoms with Crippen LogP contribution in [0.15, 0.2) is 0 Å². The standard InChI is InChI=1S/C43H82O8/c1-4-6-8-10-12-14-16-18-20-22-24-26-28-30-32-34-38(44)49-36-37-42(40(46)41(47)43(48-3)50-37)51-39(45)35-33-31-29-27-25-23-21-19-17-15-13-11-9-7-5-2/h37,40-43,46-47H,4-36H2,1-3H3/t37-,40-,41-,42-,43+/m1/s1. The number of carbonyl (C=O) groups is 2. The molecule has 302 valence electrons. The highest BCUT2D eigenvalue weighted by molar-refractivity contribution is 5.70. The Labute approximate surface area is 313 Å². The molecule has 2 N–H and O–H groups in total. The Morgan fingerprint density at radius 3 is 1.18 bits per heavy atom. The number of hydrogen-bond donors (Lipinski definition) is 2. The molecule has 0 saturated carbocycles. The van der Waals surface area contributed by atoms with Crippen LogP contribution in [0.5, 0.6) is 0 Å². The van der Waals surface area contributed by atoms with Gasteiger partial charge in [-0.15, -0.1) is 0 Å². The van der Waals surface area contributed by atoms with Crippen molar-refractivity contribution in [2.24, 2.45) is 0 Å². The van der Waals surface area contributed by atoms with Crippen molar-refractivity contribution in [3.8, 4) is 0 Å². The summed E-state index contributed by atoms with van der Waals surface area (Å²) in [5.41, 5.74) is 0. The fourth-order valence-corrected chi connectivity index (χ4v) is 7.12. The maximum Gasteiger partial charge on any atom is 0.306 e. The second-order valence-electron chi connectivity index (χ2n) is 15.3. The normalized spacial score (nSPS) is 20.5. The van der Waals surface area contributed by atoms with E-state index in [1.165, 1.54) is 161 Å². The van der Waals surface area contributed by atoms with Crippen molar-refractivity contribution in [2.45, 2.75) is 250 Å². The molecule has 0 unspecified atom stereocenters. The molecule has 5 atom stereocenters. The van der Waals surface area contributed by atoms with Crippen LogP contribution in [0.25, 0.3) is 0 Å². The third kappa shape index (κ3) is 26.2. The summed E-state index contributed by atoms with van der Waals surface area (Å²) >= 11 is 0. The highest BCUT2D eigenvalue weighted by Crippen LogP contribution is 2.26. The zero-order valence-electron chi connectivity index (χ0n) is 33.6. The molecule has 0 aromatic carbocycles. The molecule has 1 fully saturated rings. The number of rotatable bonds is 36. The number of aliphatic hydroxyl groups is 2. The summed E-state index contributed by atoms with van der Waals surface area (Å²) < 4.78 is 22.0. The molecule has 1 heterocycles. The average molecular weight is 727 g/mol. The molecule has 1 rings (SSSR count). The summed E-state index contributed by atoms with van der Waals surface area (Å²) in [6, 6.07) is 0. The van der Waals surface area contributed by atoms with E-state index >= 15 is 0 Å². The lowest BCUT2D eigenvalue weighted by Gasteiger charge is -2.41. The van der Waals surface area contributed by atoms with E-state index in [9.17, 15) is 19.8 Å². The van der Waals surface area contributed by atoms with Crippen molar-refractivity contribution in [1.29, 1.82) is 0 Å². The lowest BCUT2D eigenvalue weighted by Crippen LogP contribution is -2.60. The van der Waals surface area contributed by atoms with Gasteiger partial charge in [0.25, 0.3) is 0 Å². The van der Waals surface area contributed by atoms with Crippen molar-refractivity contribution < 1.29 is 38.7 Å². The van der Waals surface area contributed by atoms with E-state index in [0.29, 0.717) is 12.8 Å². The van der Waals surface area contributed by atoms with Crippen LogP contribution in [0.4, 0.5) is 0 Å². The fraction of sp³-hybridized carbons (Fsp3) is 0.953. The number of aliphatic hydroxyl groups excluding tert-OH is 2. The summed E-state index contributed by atoms with van der Waals surface area (Å²) in [7, 11) is 1.36. The molecular formula is C43H82O8. The number of methoxy groups -OCH3 is 1. The predicted octanol–water partition coefficient (Wildman–Crippen LogP) is 11.1. The van der Waals surface area contributed by atoms with Crippen molar-refractivity contribution in [3.63, 3.8) is 0 Å². The van der Waals surface area contributed by atoms with Crippen LogP contribution in [0.2, 0.25) is 0 Å². The number of hydrogen-bond acceptors (Lipinski definition) is 8. The fourth-order valence-electron chi connectivity index (χ4n) is 7.12. The van der Waals surface area contributed by atoms with E-state index in [0.717, 1.165) is 32.1 Å². The lowest BCUT2D eigenvalue weighted by molar-refractivity contribution is -0.297. The van der Waals surface area contributed by atoms with Crippen molar-refractivity contribution in [3.05, 3.63) is 0 Å². The van der Waals surface area contributed by atoms with Gasteiger partial charge in [-0.1, -0.05) is 194 Å². The Balaban J connectivity index is 2.17. The van der Waals surface area contributed by atoms with Gasteiger partial charge in [-0.2, -0.15) is 0 Å². The molecule has 0 aromatic heterocycles. The van der Waals surface area contributed by atoms with Gasteiger partial charge in [0.15, 0.2) is 12.4 Å². The quantitative estimate of drug-likeness (QED) is 0.0485. The first-order chi connectivity index (χ1) is 24.9. The van der Waals surface area contributed by atoms with Gasteiger partial charge in [0.2, 0.25) is 0 Å². The summed E-state index contributed by atoms with van der Waals surface area (Å²) in [5.74, 6) is -0.791. The van der Waals surface area contributed by atoms with Gasteiger partial charge in [-0.3, -0.25) is 9.59 Å². The van der Waals surface area contributed by atoms with Crippen LogP contribution in [0, 0.1) is 0 Å². The minimum Gasteiger partial charge on any atom is -0.463 e. The van der Waals surface area contributed by atoms with E-state index in [-0.39, 0.29) is 19.0 Å². The second-order valence-corrected chi connectivity index (χ2v) is 15.3. The van der Waals surface area contributed by atoms with E-state index in [1.54, 1.807) is 0 Å². The molecule has 0 bridgehead atoms. The molecular weight excluding hydrogens is 644 g/mol. The van der Waals surface area contributed by atoms with E-state index in [1.807, 2.05) is 0 Å². The van der Waals surface area contributed by atoms with Gasteiger partial charge in [-0.25, -0.2) is 0 Å². The Morgan fingerprint density at radius 2 is 0.824 bits per heavy atom. The first kappa shape index (κ1) is 47.8. The molecule has 51 heavy (non-hydrogen) atoms. The molecule has 8 heteroatoms. The minimum absolute atomic E-state index is 0.182. The van der Waals surface area contributed by atoms with Crippen molar-refractivity contribution >= 4 is 11.9 Å². The number of carbonyl (C=O) groups excluding carboxylic acids is 2. The van der Waals surface area contributed by atoms with Gasteiger partial charge in [0, 0.05) is 20.0 Å². The van der Waals surface area contributed by atoms with Crippen LogP contribution >= 0.6 is 0 Å². The summed E-state index contributed by atoms with van der Waals surface area (Å²) in [6.45, 7) is 4.34. The molecule has 8 nitrogen and oxygen atoms in total. The SMILES string of the molecule is CCCCCCCCCCCCCCCCCC(=O)OC[C@H]1O[C@H](OC)[C@H](O)[C@@H](O)[C@@H]1OC(=O)CCCCCCCCCCCCCCCCC. The third-order valence-electron chi connectivity index (χ3n) is 10.5. The highest BCUT2D eigenvalue weighted by atomic mass is 16.7. The topological polar surface area (TPSA) is 112 Å². The van der Waals surface area contributed by atoms with Crippen molar-refractivity contribution in [2.75, 3.05) is 13.7 Å². The minimum atomic E-state index is -1.41. The third-order valence-corrected chi connectivity index (χ3v) is 10.5. The number of unbranched alkanes of at least 4 members (excludes halogenated alkanes) is 28. The van der Waals surface area contributed by atoms with Gasteiger partial charge in [0.1, 0.15) is 24.9 Å². The molecule has 0 aliphatic carbocycles. The average Bonchev–Trinajstić information content (AvgIpc) is 3.13. The summed E-state index contributed by atoms with van der Waals surface area (Å²) in [6.07, 6.45) is 32.2.